The lowest BCUT2D eigenvalue weighted by Crippen LogP contribution is -2.59. The fraction of sp³-hybridized carbons (Fsp3) is 0.450. The Balaban J connectivity index is 1.77. The average molecular weight is 686 g/mol. The number of benzene rings is 3. The first-order chi connectivity index (χ1) is 23.5. The minimum atomic E-state index is -1.13. The van der Waals surface area contributed by atoms with Gasteiger partial charge in [0, 0.05) is 18.9 Å². The highest BCUT2D eigenvalue weighted by molar-refractivity contribution is 5.94. The molecule has 1 fully saturated rings. The monoisotopic (exact) mass is 685 g/mol. The Hall–Kier alpha value is -4.86. The highest BCUT2D eigenvalue weighted by Crippen LogP contribution is 2.34. The summed E-state index contributed by atoms with van der Waals surface area (Å²) in [7, 11) is 0. The van der Waals surface area contributed by atoms with Crippen LogP contribution in [0, 0.1) is 6.92 Å². The van der Waals surface area contributed by atoms with Gasteiger partial charge in [0.2, 0.25) is 11.8 Å². The first-order valence-corrected chi connectivity index (χ1v) is 17.2. The third-order valence-electron chi connectivity index (χ3n) is 8.26. The molecule has 3 aromatic carbocycles. The van der Waals surface area contributed by atoms with Gasteiger partial charge < -0.3 is 30.1 Å². The number of phenols is 1. The van der Waals surface area contributed by atoms with E-state index in [4.69, 9.17) is 9.47 Å². The van der Waals surface area contributed by atoms with Gasteiger partial charge in [0.1, 0.15) is 35.1 Å². The van der Waals surface area contributed by atoms with Gasteiger partial charge in [-0.25, -0.2) is 9.59 Å². The number of ether oxygens (including phenoxy) is 2. The van der Waals surface area contributed by atoms with Crippen LogP contribution in [-0.2, 0) is 36.7 Å². The number of nitrogens with one attached hydrogen (secondary N) is 2. The van der Waals surface area contributed by atoms with Crippen LogP contribution in [0.2, 0.25) is 0 Å². The van der Waals surface area contributed by atoms with E-state index in [1.165, 1.54) is 12.1 Å². The predicted molar refractivity (Wildman–Crippen MR) is 191 cm³/mol. The Bertz CT molecular complexity index is 1620. The van der Waals surface area contributed by atoms with Gasteiger partial charge in [0.15, 0.2) is 0 Å². The number of aryl methyl sites for hydroxylation is 1. The Morgan fingerprint density at radius 2 is 1.38 bits per heavy atom. The zero-order valence-electron chi connectivity index (χ0n) is 30.2. The summed E-state index contributed by atoms with van der Waals surface area (Å²) in [5, 5.41) is 15.6. The van der Waals surface area contributed by atoms with Gasteiger partial charge in [-0.15, -0.1) is 0 Å². The largest absolute Gasteiger partial charge is 0.508 e. The molecule has 0 saturated heterocycles. The third-order valence-corrected chi connectivity index (χ3v) is 8.26. The van der Waals surface area contributed by atoms with Crippen LogP contribution in [0.5, 0.6) is 5.75 Å². The predicted octanol–water partition coefficient (Wildman–Crippen LogP) is 6.33. The smallest absolute Gasteiger partial charge is 0.408 e. The molecule has 268 valence electrons. The fourth-order valence-corrected chi connectivity index (χ4v) is 5.83. The van der Waals surface area contributed by atoms with Gasteiger partial charge in [0.05, 0.1) is 0 Å². The minimum absolute atomic E-state index is 0.0686. The van der Waals surface area contributed by atoms with E-state index in [0.717, 1.165) is 17.5 Å². The van der Waals surface area contributed by atoms with Crippen LogP contribution in [0.4, 0.5) is 4.79 Å². The maximum absolute atomic E-state index is 14.9. The maximum atomic E-state index is 14.9. The lowest BCUT2D eigenvalue weighted by molar-refractivity contribution is -0.159. The third kappa shape index (κ3) is 11.1. The van der Waals surface area contributed by atoms with Crippen molar-refractivity contribution >= 4 is 23.9 Å². The summed E-state index contributed by atoms with van der Waals surface area (Å²) < 4.78 is 11.3. The molecule has 3 unspecified atom stereocenters. The highest BCUT2D eigenvalue weighted by Gasteiger charge is 2.43. The molecule has 3 N–H and O–H groups in total. The van der Waals surface area contributed by atoms with Crippen molar-refractivity contribution in [1.82, 2.24) is 15.5 Å². The molecule has 1 aliphatic carbocycles. The molecule has 0 aromatic heterocycles. The van der Waals surface area contributed by atoms with E-state index < -0.39 is 53.2 Å². The number of carbonyl (C=O) groups excluding carboxylic acids is 4. The molecule has 50 heavy (non-hydrogen) atoms. The second kappa shape index (κ2) is 16.2. The molecule has 0 bridgehead atoms. The summed E-state index contributed by atoms with van der Waals surface area (Å²) >= 11 is 0. The molecule has 3 aromatic rings. The van der Waals surface area contributed by atoms with E-state index in [-0.39, 0.29) is 24.6 Å². The molecule has 1 aliphatic rings. The lowest BCUT2D eigenvalue weighted by Gasteiger charge is -2.44. The first kappa shape index (κ1) is 38.0. The fourth-order valence-electron chi connectivity index (χ4n) is 5.83. The summed E-state index contributed by atoms with van der Waals surface area (Å²) in [6.45, 7) is 12.4. The van der Waals surface area contributed by atoms with E-state index in [9.17, 15) is 24.3 Å². The minimum Gasteiger partial charge on any atom is -0.508 e. The van der Waals surface area contributed by atoms with Crippen molar-refractivity contribution in [3.05, 3.63) is 101 Å². The number of aromatic hydroxyl groups is 1. The normalized spacial score (nSPS) is 15.1. The van der Waals surface area contributed by atoms with Crippen molar-refractivity contribution in [2.45, 2.75) is 116 Å². The summed E-state index contributed by atoms with van der Waals surface area (Å²) in [5.41, 5.74) is 1.37. The van der Waals surface area contributed by atoms with Crippen molar-refractivity contribution in [2.24, 2.45) is 0 Å². The number of hydrogen-bond donors (Lipinski definition) is 3. The van der Waals surface area contributed by atoms with E-state index in [0.29, 0.717) is 24.0 Å². The Kier molecular flexibility index (Phi) is 12.3. The second-order valence-electron chi connectivity index (χ2n) is 15.0. The number of esters is 1. The first-order valence-electron chi connectivity index (χ1n) is 17.2. The molecular weight excluding hydrogens is 634 g/mol. The Labute approximate surface area is 295 Å². The van der Waals surface area contributed by atoms with E-state index >= 15 is 0 Å². The summed E-state index contributed by atoms with van der Waals surface area (Å²) in [5.74, 6) is -1.52. The molecule has 4 rings (SSSR count). The number of hydrogen-bond acceptors (Lipinski definition) is 7. The van der Waals surface area contributed by atoms with Crippen molar-refractivity contribution in [3.63, 3.8) is 0 Å². The number of alkyl carbamates (subject to hydrolysis) is 1. The van der Waals surface area contributed by atoms with Crippen molar-refractivity contribution < 1.29 is 33.8 Å². The molecule has 0 aliphatic heterocycles. The number of phenolic OH excluding ortho intramolecular Hbond substituents is 1. The molecule has 0 radical (unpaired) electrons. The van der Waals surface area contributed by atoms with Gasteiger partial charge in [0.25, 0.3) is 0 Å². The zero-order chi connectivity index (χ0) is 36.6. The van der Waals surface area contributed by atoms with Crippen LogP contribution in [0.1, 0.15) is 89.1 Å². The van der Waals surface area contributed by atoms with E-state index in [2.05, 4.69) is 10.6 Å². The number of amides is 3. The molecule has 0 spiro atoms. The molecule has 1 saturated carbocycles. The topological polar surface area (TPSA) is 134 Å². The van der Waals surface area contributed by atoms with Gasteiger partial charge in [-0.1, -0.05) is 72.3 Å². The van der Waals surface area contributed by atoms with Crippen molar-refractivity contribution in [2.75, 3.05) is 0 Å². The molecule has 0 heterocycles. The maximum Gasteiger partial charge on any atom is 0.408 e. The summed E-state index contributed by atoms with van der Waals surface area (Å²) in [4.78, 5) is 57.9. The lowest BCUT2D eigenvalue weighted by atomic mass is 9.87. The van der Waals surface area contributed by atoms with Crippen LogP contribution < -0.4 is 10.6 Å². The van der Waals surface area contributed by atoms with E-state index in [1.54, 1.807) is 64.6 Å². The van der Waals surface area contributed by atoms with Gasteiger partial charge in [-0.2, -0.15) is 0 Å². The van der Waals surface area contributed by atoms with Gasteiger partial charge >= 0.3 is 12.1 Å². The van der Waals surface area contributed by atoms with Crippen molar-refractivity contribution in [1.29, 1.82) is 0 Å². The summed E-state index contributed by atoms with van der Waals surface area (Å²) in [6, 6.07) is 19.6. The summed E-state index contributed by atoms with van der Waals surface area (Å²) in [6.07, 6.45) is 1.69. The average Bonchev–Trinajstić information content (AvgIpc) is 2.99. The van der Waals surface area contributed by atoms with Crippen LogP contribution in [0.15, 0.2) is 78.9 Å². The van der Waals surface area contributed by atoms with Crippen LogP contribution in [0.25, 0.3) is 0 Å². The molecular formula is C40H51N3O7. The van der Waals surface area contributed by atoms with Crippen LogP contribution in [-0.4, -0.2) is 63.2 Å². The molecule has 10 nitrogen and oxygen atoms in total. The molecule has 10 heteroatoms. The van der Waals surface area contributed by atoms with Crippen LogP contribution >= 0.6 is 0 Å². The molecule has 3 amide bonds. The zero-order valence-corrected chi connectivity index (χ0v) is 30.2. The number of rotatable bonds is 12. The molecule has 3 atom stereocenters. The Morgan fingerprint density at radius 3 is 1.94 bits per heavy atom. The quantitative estimate of drug-likeness (QED) is 0.190. The van der Waals surface area contributed by atoms with Gasteiger partial charge in [-0.3, -0.25) is 9.59 Å². The van der Waals surface area contributed by atoms with E-state index in [1.807, 2.05) is 55.5 Å². The number of carbonyl (C=O) groups is 4. The standard InChI is InChI=1S/C40H51N3O7/c1-26-13-11-16-29(23-26)34(35(45)41-33(37(47)49-39(2,3)4)25-27-14-9-8-10-15-27)43(30-17-12-18-30)36(46)32(42-38(48)50-40(5,6)7)24-28-19-21-31(44)22-20-28/h8-11,13-16,19-23,30,32-34,44H,12,17-18,24-25H2,1-7H3,(H,41,45)(H,42,48). The van der Waals surface area contributed by atoms with Gasteiger partial charge in [-0.05, 0) is 96.6 Å². The Morgan fingerprint density at radius 1 is 0.780 bits per heavy atom. The van der Waals surface area contributed by atoms with Crippen LogP contribution in [0.3, 0.4) is 0 Å². The van der Waals surface area contributed by atoms with Crippen molar-refractivity contribution in [3.8, 4) is 5.75 Å². The SMILES string of the molecule is Cc1cccc(C(C(=O)NC(Cc2ccccc2)C(=O)OC(C)(C)C)N(C(=O)C(Cc2ccc(O)cc2)NC(=O)OC(C)(C)C)C2CCC2)c1. The number of nitrogens with zero attached hydrogens (tertiary/aromatic N) is 1. The second-order valence-corrected chi connectivity index (χ2v) is 15.0. The highest BCUT2D eigenvalue weighted by atomic mass is 16.6.